The summed E-state index contributed by atoms with van der Waals surface area (Å²) in [6, 6.07) is 18.5. The largest absolute Gasteiger partial charge is 0.503 e. The van der Waals surface area contributed by atoms with Crippen LogP contribution in [0.5, 0.6) is 5.75 Å². The van der Waals surface area contributed by atoms with Gasteiger partial charge in [-0.1, -0.05) is 36.4 Å². The molecule has 0 atom stereocenters. The van der Waals surface area contributed by atoms with Gasteiger partial charge in [0.15, 0.2) is 11.6 Å². The second-order valence-electron chi connectivity index (χ2n) is 5.48. The molecule has 3 aromatic heterocycles. The number of aromatic hydroxyl groups is 1. The molecule has 6 heteroatoms. The summed E-state index contributed by atoms with van der Waals surface area (Å²) in [7, 11) is 0. The second-order valence-corrected chi connectivity index (χ2v) is 5.48. The third-order valence-electron chi connectivity index (χ3n) is 3.81. The van der Waals surface area contributed by atoms with E-state index in [4.69, 9.17) is 0 Å². The van der Waals surface area contributed by atoms with E-state index in [-0.39, 0.29) is 5.75 Å². The molecule has 4 rings (SSSR count). The Labute approximate surface area is 143 Å². The average molecular weight is 330 g/mol. The number of pyridine rings is 2. The molecule has 0 aliphatic heterocycles. The van der Waals surface area contributed by atoms with Crippen molar-refractivity contribution in [2.45, 2.75) is 0 Å². The lowest BCUT2D eigenvalue weighted by Crippen LogP contribution is -2.05. The summed E-state index contributed by atoms with van der Waals surface area (Å²) < 4.78 is 1.67. The highest BCUT2D eigenvalue weighted by Crippen LogP contribution is 2.26. The van der Waals surface area contributed by atoms with Gasteiger partial charge in [-0.2, -0.15) is 5.10 Å². The van der Waals surface area contributed by atoms with Crippen LogP contribution in [0.2, 0.25) is 0 Å². The molecule has 2 N–H and O–H groups in total. The van der Waals surface area contributed by atoms with Gasteiger partial charge in [0, 0.05) is 24.0 Å². The van der Waals surface area contributed by atoms with Crippen molar-refractivity contribution in [2.75, 3.05) is 0 Å². The summed E-state index contributed by atoms with van der Waals surface area (Å²) in [5.74, 6) is 0.310. The maximum absolute atomic E-state index is 11.8. The fraction of sp³-hybridized carbons (Fsp3) is 0. The molecule has 0 unspecified atom stereocenters. The summed E-state index contributed by atoms with van der Waals surface area (Å²) in [4.78, 5) is 19.1. The van der Waals surface area contributed by atoms with Gasteiger partial charge in [0.25, 0.3) is 0 Å². The minimum absolute atomic E-state index is 0.323. The summed E-state index contributed by atoms with van der Waals surface area (Å²) in [6.07, 6.45) is 2.96. The summed E-state index contributed by atoms with van der Waals surface area (Å²) in [6.45, 7) is 0. The minimum Gasteiger partial charge on any atom is -0.503 e. The number of aromatic amines is 1. The number of hydrogen-bond acceptors (Lipinski definition) is 4. The fourth-order valence-corrected chi connectivity index (χ4v) is 2.59. The smallest absolute Gasteiger partial charge is 0.223 e. The van der Waals surface area contributed by atoms with Gasteiger partial charge in [0.05, 0.1) is 17.1 Å². The Morgan fingerprint density at radius 1 is 1.00 bits per heavy atom. The van der Waals surface area contributed by atoms with Gasteiger partial charge in [-0.3, -0.25) is 4.79 Å². The van der Waals surface area contributed by atoms with E-state index in [0.29, 0.717) is 17.2 Å². The molecule has 0 saturated heterocycles. The Morgan fingerprint density at radius 2 is 1.80 bits per heavy atom. The summed E-state index contributed by atoms with van der Waals surface area (Å²) in [5, 5.41) is 14.1. The van der Waals surface area contributed by atoms with Crippen LogP contribution in [0.15, 0.2) is 77.9 Å². The van der Waals surface area contributed by atoms with E-state index in [1.165, 1.54) is 12.3 Å². The van der Waals surface area contributed by atoms with Crippen molar-refractivity contribution in [3.05, 3.63) is 83.3 Å². The number of nitrogens with zero attached hydrogens (tertiary/aromatic N) is 3. The van der Waals surface area contributed by atoms with Crippen LogP contribution >= 0.6 is 0 Å². The van der Waals surface area contributed by atoms with Crippen LogP contribution in [0.3, 0.4) is 0 Å². The topological polar surface area (TPSA) is 83.8 Å². The standard InChI is InChI=1S/C19H14N4O2/c24-17-11-15(21-12-18(17)25)16-10-14(13-6-2-1-3-7-13)22-23(16)19-8-4-5-9-20-19/h1-12,25H,(H,21,24). The van der Waals surface area contributed by atoms with E-state index >= 15 is 0 Å². The molecule has 0 saturated carbocycles. The van der Waals surface area contributed by atoms with Gasteiger partial charge in [0.2, 0.25) is 5.43 Å². The number of rotatable bonds is 3. The lowest BCUT2D eigenvalue weighted by molar-refractivity contribution is 0.467. The van der Waals surface area contributed by atoms with Crippen molar-refractivity contribution in [2.24, 2.45) is 0 Å². The zero-order valence-electron chi connectivity index (χ0n) is 13.1. The van der Waals surface area contributed by atoms with Crippen LogP contribution in [0, 0.1) is 0 Å². The van der Waals surface area contributed by atoms with Crippen LogP contribution in [0.4, 0.5) is 0 Å². The molecule has 0 aliphatic carbocycles. The first-order valence-corrected chi connectivity index (χ1v) is 7.71. The van der Waals surface area contributed by atoms with Gasteiger partial charge in [-0.05, 0) is 18.2 Å². The van der Waals surface area contributed by atoms with E-state index in [0.717, 1.165) is 11.3 Å². The Hall–Kier alpha value is -3.67. The molecular weight excluding hydrogens is 316 g/mol. The van der Waals surface area contributed by atoms with Gasteiger partial charge in [-0.15, -0.1) is 0 Å². The van der Waals surface area contributed by atoms with Gasteiger partial charge in [-0.25, -0.2) is 9.67 Å². The zero-order valence-corrected chi connectivity index (χ0v) is 13.1. The first kappa shape index (κ1) is 14.9. The number of hydrogen-bond donors (Lipinski definition) is 2. The first-order chi connectivity index (χ1) is 12.2. The zero-order chi connectivity index (χ0) is 17.2. The quantitative estimate of drug-likeness (QED) is 0.605. The van der Waals surface area contributed by atoms with Crippen LogP contribution in [0.25, 0.3) is 28.5 Å². The highest BCUT2D eigenvalue weighted by Gasteiger charge is 2.15. The van der Waals surface area contributed by atoms with Crippen molar-refractivity contribution in [1.29, 1.82) is 0 Å². The lowest BCUT2D eigenvalue weighted by atomic mass is 10.1. The normalized spacial score (nSPS) is 10.7. The number of H-pyrrole nitrogens is 1. The van der Waals surface area contributed by atoms with Crippen molar-refractivity contribution in [1.82, 2.24) is 19.7 Å². The SMILES string of the molecule is O=c1cc(-c2cc(-c3ccccc3)nn2-c2ccccn2)[nH]cc1O. The number of benzene rings is 1. The average Bonchev–Trinajstić information content (AvgIpc) is 3.11. The number of aromatic nitrogens is 4. The number of nitrogens with one attached hydrogen (secondary N) is 1. The molecule has 0 radical (unpaired) electrons. The van der Waals surface area contributed by atoms with Crippen molar-refractivity contribution in [3.63, 3.8) is 0 Å². The molecule has 0 fully saturated rings. The van der Waals surface area contributed by atoms with E-state index < -0.39 is 5.43 Å². The third-order valence-corrected chi connectivity index (χ3v) is 3.81. The van der Waals surface area contributed by atoms with E-state index in [1.54, 1.807) is 10.9 Å². The molecule has 0 bridgehead atoms. The minimum atomic E-state index is -0.455. The van der Waals surface area contributed by atoms with Crippen molar-refractivity contribution >= 4 is 0 Å². The molecule has 6 nitrogen and oxygen atoms in total. The summed E-state index contributed by atoms with van der Waals surface area (Å²) in [5.41, 5.74) is 2.48. The molecule has 122 valence electrons. The van der Waals surface area contributed by atoms with Crippen LogP contribution < -0.4 is 5.43 Å². The highest BCUT2D eigenvalue weighted by molar-refractivity contribution is 5.68. The van der Waals surface area contributed by atoms with Gasteiger partial charge < -0.3 is 10.1 Å². The van der Waals surface area contributed by atoms with E-state index in [1.807, 2.05) is 54.6 Å². The lowest BCUT2D eigenvalue weighted by Gasteiger charge is -2.06. The predicted molar refractivity (Wildman–Crippen MR) is 94.5 cm³/mol. The Balaban J connectivity index is 1.94. The molecule has 3 heterocycles. The van der Waals surface area contributed by atoms with Gasteiger partial charge in [0.1, 0.15) is 0 Å². The van der Waals surface area contributed by atoms with Crippen LogP contribution in [-0.4, -0.2) is 24.9 Å². The Morgan fingerprint density at radius 3 is 2.52 bits per heavy atom. The van der Waals surface area contributed by atoms with Crippen LogP contribution in [-0.2, 0) is 0 Å². The molecule has 1 aromatic carbocycles. The molecule has 0 aliphatic rings. The fourth-order valence-electron chi connectivity index (χ4n) is 2.59. The Kier molecular flexibility index (Phi) is 3.63. The molecular formula is C19H14N4O2. The highest BCUT2D eigenvalue weighted by atomic mass is 16.3. The second kappa shape index (κ2) is 6.09. The van der Waals surface area contributed by atoms with E-state index in [9.17, 15) is 9.90 Å². The molecule has 0 spiro atoms. The van der Waals surface area contributed by atoms with Crippen molar-refractivity contribution in [3.8, 4) is 34.2 Å². The summed E-state index contributed by atoms with van der Waals surface area (Å²) >= 11 is 0. The first-order valence-electron chi connectivity index (χ1n) is 7.71. The molecule has 0 amide bonds. The Bertz CT molecular complexity index is 1070. The van der Waals surface area contributed by atoms with Gasteiger partial charge >= 0.3 is 0 Å². The van der Waals surface area contributed by atoms with Crippen molar-refractivity contribution < 1.29 is 5.11 Å². The monoisotopic (exact) mass is 330 g/mol. The molecule has 25 heavy (non-hydrogen) atoms. The third kappa shape index (κ3) is 2.81. The van der Waals surface area contributed by atoms with Crippen LogP contribution in [0.1, 0.15) is 0 Å². The predicted octanol–water partition coefficient (Wildman–Crippen LogP) is 3.00. The molecule has 4 aromatic rings. The van der Waals surface area contributed by atoms with E-state index in [2.05, 4.69) is 15.1 Å². The maximum atomic E-state index is 11.8. The maximum Gasteiger partial charge on any atom is 0.223 e.